The van der Waals surface area contributed by atoms with E-state index < -0.39 is 0 Å². The Hall–Kier alpha value is -2.48. The maximum atomic E-state index is 5.28. The van der Waals surface area contributed by atoms with Gasteiger partial charge in [0.25, 0.3) is 0 Å². The van der Waals surface area contributed by atoms with Gasteiger partial charge in [-0.15, -0.1) is 0 Å². The van der Waals surface area contributed by atoms with Crippen molar-refractivity contribution in [1.29, 1.82) is 0 Å². The van der Waals surface area contributed by atoms with Gasteiger partial charge in [-0.3, -0.25) is 0 Å². The number of ether oxygens (including phenoxy) is 2. The molecule has 2 rings (SSSR count). The average Bonchev–Trinajstić information content (AvgIpc) is 2.70. The molecule has 0 spiro atoms. The van der Waals surface area contributed by atoms with Crippen LogP contribution in [-0.2, 0) is 0 Å². The molecule has 0 bridgehead atoms. The SMILES string of the molecule is CC/C=C(\CC/C(=C\CC)c1ccc(OC)cc1)c1ccc(OC)cc1. The zero-order valence-corrected chi connectivity index (χ0v) is 16.4. The van der Waals surface area contributed by atoms with Crippen molar-refractivity contribution in [1.82, 2.24) is 0 Å². The second-order valence-corrected chi connectivity index (χ2v) is 6.23. The van der Waals surface area contributed by atoms with Crippen LogP contribution in [0.4, 0.5) is 0 Å². The van der Waals surface area contributed by atoms with Crippen molar-refractivity contribution >= 4 is 11.1 Å². The van der Waals surface area contributed by atoms with Crippen LogP contribution in [0.3, 0.4) is 0 Å². The van der Waals surface area contributed by atoms with Gasteiger partial charge in [-0.05, 0) is 72.2 Å². The zero-order valence-electron chi connectivity index (χ0n) is 16.4. The smallest absolute Gasteiger partial charge is 0.118 e. The van der Waals surface area contributed by atoms with Gasteiger partial charge in [0, 0.05) is 0 Å². The van der Waals surface area contributed by atoms with Crippen molar-refractivity contribution in [3.05, 3.63) is 71.8 Å². The molecule has 0 unspecified atom stereocenters. The number of hydrogen-bond donors (Lipinski definition) is 0. The summed E-state index contributed by atoms with van der Waals surface area (Å²) in [5.41, 5.74) is 5.34. The molecule has 0 aromatic heterocycles. The third-order valence-electron chi connectivity index (χ3n) is 4.49. The van der Waals surface area contributed by atoms with E-state index in [1.54, 1.807) is 14.2 Å². The Balaban J connectivity index is 2.15. The molecule has 0 saturated carbocycles. The molecule has 2 aromatic carbocycles. The molecule has 26 heavy (non-hydrogen) atoms. The van der Waals surface area contributed by atoms with Crippen LogP contribution in [0.1, 0.15) is 50.7 Å². The number of benzene rings is 2. The fourth-order valence-corrected chi connectivity index (χ4v) is 3.10. The van der Waals surface area contributed by atoms with E-state index in [9.17, 15) is 0 Å². The Morgan fingerprint density at radius 3 is 1.27 bits per heavy atom. The highest BCUT2D eigenvalue weighted by molar-refractivity contribution is 5.71. The molecule has 2 aromatic rings. The average molecular weight is 351 g/mol. The van der Waals surface area contributed by atoms with Gasteiger partial charge in [-0.1, -0.05) is 50.3 Å². The Kier molecular flexibility index (Phi) is 8.01. The Labute approximate surface area is 158 Å². The van der Waals surface area contributed by atoms with E-state index in [1.165, 1.54) is 22.3 Å². The first kappa shape index (κ1) is 19.8. The van der Waals surface area contributed by atoms with Gasteiger partial charge in [0.1, 0.15) is 11.5 Å². The van der Waals surface area contributed by atoms with Crippen molar-refractivity contribution in [2.75, 3.05) is 14.2 Å². The second-order valence-electron chi connectivity index (χ2n) is 6.23. The van der Waals surface area contributed by atoms with Gasteiger partial charge >= 0.3 is 0 Å². The van der Waals surface area contributed by atoms with Crippen LogP contribution in [0.15, 0.2) is 60.7 Å². The molecular weight excluding hydrogens is 320 g/mol. The largest absolute Gasteiger partial charge is 0.497 e. The van der Waals surface area contributed by atoms with Crippen LogP contribution in [0.5, 0.6) is 11.5 Å². The van der Waals surface area contributed by atoms with Crippen molar-refractivity contribution in [3.63, 3.8) is 0 Å². The summed E-state index contributed by atoms with van der Waals surface area (Å²) in [5, 5.41) is 0. The standard InChI is InChI=1S/C24H30O2/c1-5-7-19(21-11-15-23(25-3)16-12-21)9-10-20(8-6-2)22-13-17-24(26-4)18-14-22/h7-8,11-18H,5-6,9-10H2,1-4H3/b19-7+,20-8+. The molecule has 2 heteroatoms. The lowest BCUT2D eigenvalue weighted by atomic mass is 9.93. The minimum absolute atomic E-state index is 0.898. The van der Waals surface area contributed by atoms with Crippen molar-refractivity contribution in [2.45, 2.75) is 39.5 Å². The molecule has 0 saturated heterocycles. The summed E-state index contributed by atoms with van der Waals surface area (Å²) >= 11 is 0. The van der Waals surface area contributed by atoms with Crippen molar-refractivity contribution < 1.29 is 9.47 Å². The minimum atomic E-state index is 0.898. The molecular formula is C24H30O2. The van der Waals surface area contributed by atoms with E-state index in [0.717, 1.165) is 37.2 Å². The van der Waals surface area contributed by atoms with Gasteiger partial charge in [-0.25, -0.2) is 0 Å². The van der Waals surface area contributed by atoms with Gasteiger partial charge in [0.15, 0.2) is 0 Å². The lowest BCUT2D eigenvalue weighted by Crippen LogP contribution is -1.91. The number of rotatable bonds is 9. The lowest BCUT2D eigenvalue weighted by molar-refractivity contribution is 0.414. The summed E-state index contributed by atoms with van der Waals surface area (Å²) in [6, 6.07) is 16.7. The first-order valence-corrected chi connectivity index (χ1v) is 9.38. The van der Waals surface area contributed by atoms with Crippen LogP contribution in [0.2, 0.25) is 0 Å². The van der Waals surface area contributed by atoms with Crippen LogP contribution in [0, 0.1) is 0 Å². The fourth-order valence-electron chi connectivity index (χ4n) is 3.10. The van der Waals surface area contributed by atoms with Crippen LogP contribution < -0.4 is 9.47 Å². The minimum Gasteiger partial charge on any atom is -0.497 e. The molecule has 2 nitrogen and oxygen atoms in total. The molecule has 0 aliphatic rings. The highest BCUT2D eigenvalue weighted by Crippen LogP contribution is 2.29. The highest BCUT2D eigenvalue weighted by atomic mass is 16.5. The third kappa shape index (κ3) is 5.52. The number of methoxy groups -OCH3 is 2. The summed E-state index contributed by atoms with van der Waals surface area (Å²) in [6.45, 7) is 4.38. The van der Waals surface area contributed by atoms with Gasteiger partial charge in [0.05, 0.1) is 14.2 Å². The lowest BCUT2D eigenvalue weighted by Gasteiger charge is -2.13. The normalized spacial score (nSPS) is 12.2. The maximum Gasteiger partial charge on any atom is 0.118 e. The third-order valence-corrected chi connectivity index (χ3v) is 4.49. The predicted molar refractivity (Wildman–Crippen MR) is 112 cm³/mol. The van der Waals surface area contributed by atoms with Crippen LogP contribution in [-0.4, -0.2) is 14.2 Å². The summed E-state index contributed by atoms with van der Waals surface area (Å²) in [5.74, 6) is 1.80. The molecule has 0 aliphatic heterocycles. The summed E-state index contributed by atoms with van der Waals surface area (Å²) < 4.78 is 10.6. The number of hydrogen-bond acceptors (Lipinski definition) is 2. The van der Waals surface area contributed by atoms with E-state index in [1.807, 2.05) is 24.3 Å². The van der Waals surface area contributed by atoms with E-state index in [2.05, 4.69) is 50.3 Å². The monoisotopic (exact) mass is 350 g/mol. The molecule has 0 atom stereocenters. The molecule has 0 radical (unpaired) electrons. The highest BCUT2D eigenvalue weighted by Gasteiger charge is 2.07. The molecule has 138 valence electrons. The molecule has 0 fully saturated rings. The Morgan fingerprint density at radius 2 is 1.00 bits per heavy atom. The number of allylic oxidation sites excluding steroid dienone is 4. The van der Waals surface area contributed by atoms with Crippen LogP contribution in [0.25, 0.3) is 11.1 Å². The van der Waals surface area contributed by atoms with Crippen LogP contribution >= 0.6 is 0 Å². The quantitative estimate of drug-likeness (QED) is 0.497. The summed E-state index contributed by atoms with van der Waals surface area (Å²) in [6.07, 6.45) is 8.79. The van der Waals surface area contributed by atoms with Gasteiger partial charge < -0.3 is 9.47 Å². The molecule has 0 amide bonds. The predicted octanol–water partition coefficient (Wildman–Crippen LogP) is 6.77. The summed E-state index contributed by atoms with van der Waals surface area (Å²) in [7, 11) is 3.41. The van der Waals surface area contributed by atoms with Gasteiger partial charge in [-0.2, -0.15) is 0 Å². The van der Waals surface area contributed by atoms with E-state index in [0.29, 0.717) is 0 Å². The Bertz CT molecular complexity index is 656. The fraction of sp³-hybridized carbons (Fsp3) is 0.333. The summed E-state index contributed by atoms with van der Waals surface area (Å²) in [4.78, 5) is 0. The van der Waals surface area contributed by atoms with E-state index in [-0.39, 0.29) is 0 Å². The second kappa shape index (κ2) is 10.5. The van der Waals surface area contributed by atoms with Crippen molar-refractivity contribution in [3.8, 4) is 11.5 Å². The van der Waals surface area contributed by atoms with E-state index >= 15 is 0 Å². The molecule has 0 aliphatic carbocycles. The maximum absolute atomic E-state index is 5.28. The van der Waals surface area contributed by atoms with E-state index in [4.69, 9.17) is 9.47 Å². The first-order valence-electron chi connectivity index (χ1n) is 9.38. The first-order chi connectivity index (χ1) is 12.7. The van der Waals surface area contributed by atoms with Gasteiger partial charge in [0.2, 0.25) is 0 Å². The molecule has 0 N–H and O–H groups in total. The molecule has 0 heterocycles. The zero-order chi connectivity index (χ0) is 18.8. The topological polar surface area (TPSA) is 18.5 Å². The van der Waals surface area contributed by atoms with Crippen molar-refractivity contribution in [2.24, 2.45) is 0 Å². The Morgan fingerprint density at radius 1 is 0.654 bits per heavy atom.